The van der Waals surface area contributed by atoms with Gasteiger partial charge < -0.3 is 16.2 Å². The SMILES string of the molecule is COc1ccccc1N.Cc1ccc(N)cc1. The summed E-state index contributed by atoms with van der Waals surface area (Å²) in [6, 6.07) is 15.2. The first-order valence-electron chi connectivity index (χ1n) is 5.34. The molecule has 0 radical (unpaired) electrons. The second kappa shape index (κ2) is 6.43. The highest BCUT2D eigenvalue weighted by Crippen LogP contribution is 2.18. The molecule has 0 saturated carbocycles. The highest BCUT2D eigenvalue weighted by Gasteiger charge is 1.91. The van der Waals surface area contributed by atoms with E-state index < -0.39 is 0 Å². The summed E-state index contributed by atoms with van der Waals surface area (Å²) in [4.78, 5) is 0. The normalized spacial score (nSPS) is 9.06. The molecule has 2 aromatic carbocycles. The first-order valence-corrected chi connectivity index (χ1v) is 5.34. The fourth-order valence-corrected chi connectivity index (χ4v) is 1.23. The van der Waals surface area contributed by atoms with Gasteiger partial charge in [0.25, 0.3) is 0 Å². The Morgan fingerprint density at radius 2 is 1.47 bits per heavy atom. The Morgan fingerprint density at radius 3 is 1.88 bits per heavy atom. The van der Waals surface area contributed by atoms with Crippen molar-refractivity contribution in [3.63, 3.8) is 0 Å². The number of methoxy groups -OCH3 is 1. The van der Waals surface area contributed by atoms with Gasteiger partial charge in [-0.3, -0.25) is 0 Å². The number of hydrogen-bond acceptors (Lipinski definition) is 3. The van der Waals surface area contributed by atoms with E-state index in [0.717, 1.165) is 11.4 Å². The van der Waals surface area contributed by atoms with E-state index in [4.69, 9.17) is 16.2 Å². The lowest BCUT2D eigenvalue weighted by Crippen LogP contribution is -1.89. The number of ether oxygens (including phenoxy) is 1. The van der Waals surface area contributed by atoms with E-state index >= 15 is 0 Å². The lowest BCUT2D eigenvalue weighted by Gasteiger charge is -2.00. The van der Waals surface area contributed by atoms with Gasteiger partial charge in [0.1, 0.15) is 5.75 Å². The minimum absolute atomic E-state index is 0.681. The molecule has 0 fully saturated rings. The zero-order valence-corrected chi connectivity index (χ0v) is 10.2. The van der Waals surface area contributed by atoms with E-state index in [1.165, 1.54) is 5.56 Å². The highest BCUT2D eigenvalue weighted by atomic mass is 16.5. The molecule has 0 aromatic heterocycles. The molecule has 3 heteroatoms. The Morgan fingerprint density at radius 1 is 0.882 bits per heavy atom. The van der Waals surface area contributed by atoms with Crippen LogP contribution in [0, 0.1) is 6.92 Å². The van der Waals surface area contributed by atoms with Crippen LogP contribution in [-0.4, -0.2) is 7.11 Å². The second-order valence-corrected chi connectivity index (χ2v) is 3.65. The summed E-state index contributed by atoms with van der Waals surface area (Å²) in [5.74, 6) is 0.734. The van der Waals surface area contributed by atoms with E-state index in [9.17, 15) is 0 Å². The standard InChI is InChI=1S/C7H9NO.C7H9N/c1-9-7-5-3-2-4-6(7)8;1-6-2-4-7(8)5-3-6/h2-5H,8H2,1H3;2-5H,8H2,1H3. The molecule has 3 nitrogen and oxygen atoms in total. The Kier molecular flexibility index (Phi) is 4.88. The molecule has 90 valence electrons. The average Bonchev–Trinajstić information content (AvgIpc) is 2.34. The summed E-state index contributed by atoms with van der Waals surface area (Å²) >= 11 is 0. The molecule has 0 aliphatic carbocycles. The van der Waals surface area contributed by atoms with Gasteiger partial charge in [0.15, 0.2) is 0 Å². The molecule has 4 N–H and O–H groups in total. The lowest BCUT2D eigenvalue weighted by molar-refractivity contribution is 0.417. The van der Waals surface area contributed by atoms with Gasteiger partial charge in [0, 0.05) is 5.69 Å². The Balaban J connectivity index is 0.000000171. The summed E-state index contributed by atoms with van der Waals surface area (Å²) in [6.07, 6.45) is 0. The Bertz CT molecular complexity index is 431. The molecule has 0 atom stereocenters. The number of rotatable bonds is 1. The third-order valence-corrected chi connectivity index (χ3v) is 2.22. The molecule has 0 bridgehead atoms. The minimum Gasteiger partial charge on any atom is -0.495 e. The third kappa shape index (κ3) is 4.47. The number of hydrogen-bond donors (Lipinski definition) is 2. The van der Waals surface area contributed by atoms with Gasteiger partial charge in [-0.05, 0) is 31.2 Å². The number of anilines is 2. The van der Waals surface area contributed by atoms with Crippen LogP contribution in [0.25, 0.3) is 0 Å². The summed E-state index contributed by atoms with van der Waals surface area (Å²) in [5, 5.41) is 0. The molecular weight excluding hydrogens is 212 g/mol. The van der Waals surface area contributed by atoms with E-state index in [-0.39, 0.29) is 0 Å². The maximum atomic E-state index is 5.51. The van der Waals surface area contributed by atoms with Crippen LogP contribution in [0.2, 0.25) is 0 Å². The zero-order valence-electron chi connectivity index (χ0n) is 10.2. The number of para-hydroxylation sites is 2. The van der Waals surface area contributed by atoms with Crippen LogP contribution < -0.4 is 16.2 Å². The van der Waals surface area contributed by atoms with Gasteiger partial charge in [-0.25, -0.2) is 0 Å². The average molecular weight is 230 g/mol. The molecular formula is C14H18N2O. The molecule has 0 saturated heterocycles. The number of nitrogens with two attached hydrogens (primary N) is 2. The Labute approximate surface area is 102 Å². The number of nitrogen functional groups attached to an aromatic ring is 2. The summed E-state index contributed by atoms with van der Waals surface area (Å²) < 4.78 is 4.92. The summed E-state index contributed by atoms with van der Waals surface area (Å²) in [7, 11) is 1.60. The van der Waals surface area contributed by atoms with Crippen LogP contribution in [0.1, 0.15) is 5.56 Å². The topological polar surface area (TPSA) is 61.3 Å². The van der Waals surface area contributed by atoms with E-state index in [1.54, 1.807) is 13.2 Å². The predicted molar refractivity (Wildman–Crippen MR) is 73.0 cm³/mol. The quantitative estimate of drug-likeness (QED) is 0.740. The van der Waals surface area contributed by atoms with Crippen molar-refractivity contribution < 1.29 is 4.74 Å². The fourth-order valence-electron chi connectivity index (χ4n) is 1.23. The van der Waals surface area contributed by atoms with Gasteiger partial charge in [-0.2, -0.15) is 0 Å². The minimum atomic E-state index is 0.681. The largest absolute Gasteiger partial charge is 0.495 e. The molecule has 0 unspecified atom stereocenters. The van der Waals surface area contributed by atoms with Crippen molar-refractivity contribution in [2.24, 2.45) is 0 Å². The van der Waals surface area contributed by atoms with E-state index in [2.05, 4.69) is 0 Å². The number of benzene rings is 2. The molecule has 2 rings (SSSR count). The summed E-state index contributed by atoms with van der Waals surface area (Å²) in [6.45, 7) is 2.04. The first-order chi connectivity index (χ1) is 8.13. The molecule has 0 heterocycles. The van der Waals surface area contributed by atoms with Crippen molar-refractivity contribution >= 4 is 11.4 Å². The molecule has 0 spiro atoms. The molecule has 0 amide bonds. The molecule has 17 heavy (non-hydrogen) atoms. The third-order valence-electron chi connectivity index (χ3n) is 2.22. The van der Waals surface area contributed by atoms with Crippen molar-refractivity contribution in [2.45, 2.75) is 6.92 Å². The van der Waals surface area contributed by atoms with Crippen LogP contribution in [0.3, 0.4) is 0 Å². The second-order valence-electron chi connectivity index (χ2n) is 3.65. The van der Waals surface area contributed by atoms with Crippen LogP contribution in [0.5, 0.6) is 5.75 Å². The van der Waals surface area contributed by atoms with Gasteiger partial charge in [-0.15, -0.1) is 0 Å². The first kappa shape index (κ1) is 12.9. The smallest absolute Gasteiger partial charge is 0.141 e. The highest BCUT2D eigenvalue weighted by molar-refractivity contribution is 5.51. The van der Waals surface area contributed by atoms with Gasteiger partial charge in [0.2, 0.25) is 0 Å². The van der Waals surface area contributed by atoms with E-state index in [0.29, 0.717) is 5.69 Å². The van der Waals surface area contributed by atoms with Crippen molar-refractivity contribution in [3.8, 4) is 5.75 Å². The number of aryl methyl sites for hydroxylation is 1. The van der Waals surface area contributed by atoms with Crippen molar-refractivity contribution in [2.75, 3.05) is 18.6 Å². The van der Waals surface area contributed by atoms with Crippen LogP contribution in [0.4, 0.5) is 11.4 Å². The van der Waals surface area contributed by atoms with Crippen LogP contribution in [0.15, 0.2) is 48.5 Å². The van der Waals surface area contributed by atoms with Crippen molar-refractivity contribution in [1.82, 2.24) is 0 Å². The van der Waals surface area contributed by atoms with Gasteiger partial charge >= 0.3 is 0 Å². The fraction of sp³-hybridized carbons (Fsp3) is 0.143. The maximum absolute atomic E-state index is 5.51. The maximum Gasteiger partial charge on any atom is 0.141 e. The lowest BCUT2D eigenvalue weighted by atomic mass is 10.2. The van der Waals surface area contributed by atoms with Crippen LogP contribution in [-0.2, 0) is 0 Å². The van der Waals surface area contributed by atoms with Crippen molar-refractivity contribution in [1.29, 1.82) is 0 Å². The Hall–Kier alpha value is -2.16. The molecule has 2 aromatic rings. The molecule has 0 aliphatic rings. The van der Waals surface area contributed by atoms with Crippen LogP contribution >= 0.6 is 0 Å². The summed E-state index contributed by atoms with van der Waals surface area (Å²) in [5.41, 5.74) is 13.7. The van der Waals surface area contributed by atoms with Crippen molar-refractivity contribution in [3.05, 3.63) is 54.1 Å². The van der Waals surface area contributed by atoms with Gasteiger partial charge in [-0.1, -0.05) is 29.8 Å². The van der Waals surface area contributed by atoms with Gasteiger partial charge in [0.05, 0.1) is 12.8 Å². The predicted octanol–water partition coefficient (Wildman–Crippen LogP) is 2.85. The van der Waals surface area contributed by atoms with E-state index in [1.807, 2.05) is 49.4 Å². The molecule has 0 aliphatic heterocycles. The zero-order chi connectivity index (χ0) is 12.7. The monoisotopic (exact) mass is 230 g/mol.